The monoisotopic (exact) mass is 285 g/mol. The summed E-state index contributed by atoms with van der Waals surface area (Å²) in [6.45, 7) is 0. The number of hydrogen-bond donors (Lipinski definition) is 2. The van der Waals surface area contributed by atoms with E-state index in [4.69, 9.17) is 15.2 Å². The minimum atomic E-state index is -1.13. The highest BCUT2D eigenvalue weighted by Gasteiger charge is 2.43. The molecule has 0 aliphatic heterocycles. The maximum Gasteiger partial charge on any atom is 0.128 e. The van der Waals surface area contributed by atoms with E-state index < -0.39 is 5.60 Å². The van der Waals surface area contributed by atoms with Crippen molar-refractivity contribution in [2.24, 2.45) is 5.73 Å². The molecule has 4 nitrogen and oxygen atoms in total. The number of ether oxygens (including phenoxy) is 2. The molecule has 3 rings (SSSR count). The van der Waals surface area contributed by atoms with Crippen molar-refractivity contribution >= 4 is 0 Å². The molecule has 2 aromatic rings. The average molecular weight is 285 g/mol. The second-order valence-electron chi connectivity index (χ2n) is 5.32. The van der Waals surface area contributed by atoms with E-state index in [9.17, 15) is 5.11 Å². The van der Waals surface area contributed by atoms with Crippen LogP contribution in [0, 0.1) is 0 Å². The Morgan fingerprint density at radius 3 is 2.57 bits per heavy atom. The van der Waals surface area contributed by atoms with Gasteiger partial charge in [-0.2, -0.15) is 0 Å². The van der Waals surface area contributed by atoms with E-state index in [1.807, 2.05) is 36.4 Å². The Morgan fingerprint density at radius 1 is 1.10 bits per heavy atom. The summed E-state index contributed by atoms with van der Waals surface area (Å²) in [4.78, 5) is 0. The van der Waals surface area contributed by atoms with Gasteiger partial charge in [-0.1, -0.05) is 24.3 Å². The third-order valence-corrected chi connectivity index (χ3v) is 4.18. The molecule has 21 heavy (non-hydrogen) atoms. The minimum absolute atomic E-state index is 0.182. The number of benzene rings is 2. The van der Waals surface area contributed by atoms with Crippen LogP contribution >= 0.6 is 0 Å². The first-order valence-electron chi connectivity index (χ1n) is 6.90. The topological polar surface area (TPSA) is 64.7 Å². The van der Waals surface area contributed by atoms with Crippen molar-refractivity contribution in [2.75, 3.05) is 14.2 Å². The van der Waals surface area contributed by atoms with Crippen molar-refractivity contribution in [1.82, 2.24) is 0 Å². The zero-order valence-electron chi connectivity index (χ0n) is 12.2. The fraction of sp³-hybridized carbons (Fsp3) is 0.294. The van der Waals surface area contributed by atoms with Gasteiger partial charge in [0, 0.05) is 24.1 Å². The van der Waals surface area contributed by atoms with Crippen molar-refractivity contribution in [1.29, 1.82) is 0 Å². The Bertz CT molecular complexity index is 671. The first-order valence-corrected chi connectivity index (χ1v) is 6.90. The largest absolute Gasteiger partial charge is 0.497 e. The Labute approximate surface area is 124 Å². The molecule has 2 unspecified atom stereocenters. The van der Waals surface area contributed by atoms with Gasteiger partial charge < -0.3 is 20.3 Å². The summed E-state index contributed by atoms with van der Waals surface area (Å²) >= 11 is 0. The average Bonchev–Trinajstić information content (AvgIpc) is 2.79. The molecule has 2 atom stereocenters. The second-order valence-corrected chi connectivity index (χ2v) is 5.32. The van der Waals surface area contributed by atoms with E-state index in [0.717, 1.165) is 11.1 Å². The predicted octanol–water partition coefficient (Wildman–Crippen LogP) is 2.34. The summed E-state index contributed by atoms with van der Waals surface area (Å²) in [7, 11) is 3.19. The van der Waals surface area contributed by atoms with E-state index in [1.165, 1.54) is 0 Å². The molecule has 1 aliphatic carbocycles. The Kier molecular flexibility index (Phi) is 3.35. The molecule has 4 heteroatoms. The van der Waals surface area contributed by atoms with Crippen LogP contribution in [0.2, 0.25) is 0 Å². The molecule has 0 saturated carbocycles. The highest BCUT2D eigenvalue weighted by atomic mass is 16.5. The fourth-order valence-corrected chi connectivity index (χ4v) is 3.13. The summed E-state index contributed by atoms with van der Waals surface area (Å²) in [5, 5.41) is 11.3. The van der Waals surface area contributed by atoms with Crippen LogP contribution in [-0.2, 0) is 5.60 Å². The SMILES string of the molecule is COc1ccc(C2(O)CC(N)c3ccccc32)c(OC)c1. The number of rotatable bonds is 3. The molecule has 0 saturated heterocycles. The van der Waals surface area contributed by atoms with Gasteiger partial charge >= 0.3 is 0 Å². The van der Waals surface area contributed by atoms with Crippen molar-refractivity contribution in [3.8, 4) is 11.5 Å². The molecule has 2 aromatic carbocycles. The molecule has 0 radical (unpaired) electrons. The third-order valence-electron chi connectivity index (χ3n) is 4.18. The smallest absolute Gasteiger partial charge is 0.128 e. The molecular formula is C17H19NO3. The van der Waals surface area contributed by atoms with Crippen molar-refractivity contribution in [3.63, 3.8) is 0 Å². The molecular weight excluding hydrogens is 266 g/mol. The first kappa shape index (κ1) is 13.9. The lowest BCUT2D eigenvalue weighted by atomic mass is 9.87. The van der Waals surface area contributed by atoms with Crippen molar-refractivity contribution < 1.29 is 14.6 Å². The van der Waals surface area contributed by atoms with Crippen LogP contribution in [0.4, 0.5) is 0 Å². The molecule has 1 aliphatic rings. The summed E-state index contributed by atoms with van der Waals surface area (Å²) in [6, 6.07) is 13.0. The fourth-order valence-electron chi connectivity index (χ4n) is 3.13. The van der Waals surface area contributed by atoms with Crippen LogP contribution in [-0.4, -0.2) is 19.3 Å². The molecule has 0 fully saturated rings. The summed E-state index contributed by atoms with van der Waals surface area (Å²) < 4.78 is 10.6. The zero-order valence-corrected chi connectivity index (χ0v) is 12.2. The summed E-state index contributed by atoms with van der Waals surface area (Å²) in [5.74, 6) is 1.29. The van der Waals surface area contributed by atoms with Crippen molar-refractivity contribution in [3.05, 3.63) is 59.2 Å². The van der Waals surface area contributed by atoms with Crippen LogP contribution in [0.15, 0.2) is 42.5 Å². The van der Waals surface area contributed by atoms with E-state index in [0.29, 0.717) is 23.5 Å². The highest BCUT2D eigenvalue weighted by Crippen LogP contribution is 2.49. The number of fused-ring (bicyclic) bond motifs is 1. The molecule has 110 valence electrons. The van der Waals surface area contributed by atoms with E-state index in [1.54, 1.807) is 20.3 Å². The van der Waals surface area contributed by atoms with Crippen LogP contribution in [0.1, 0.15) is 29.2 Å². The van der Waals surface area contributed by atoms with Gasteiger partial charge in [0.2, 0.25) is 0 Å². The lowest BCUT2D eigenvalue weighted by Crippen LogP contribution is -2.25. The lowest BCUT2D eigenvalue weighted by Gasteiger charge is -2.27. The number of nitrogens with two attached hydrogens (primary N) is 1. The lowest BCUT2D eigenvalue weighted by molar-refractivity contribution is 0.0747. The molecule has 3 N–H and O–H groups in total. The van der Waals surface area contributed by atoms with Crippen molar-refractivity contribution in [2.45, 2.75) is 18.1 Å². The van der Waals surface area contributed by atoms with E-state index in [2.05, 4.69) is 0 Å². The van der Waals surface area contributed by atoms with Crippen LogP contribution in [0.3, 0.4) is 0 Å². The Hall–Kier alpha value is -2.04. The number of methoxy groups -OCH3 is 2. The maximum absolute atomic E-state index is 11.3. The van der Waals surface area contributed by atoms with E-state index in [-0.39, 0.29) is 6.04 Å². The second kappa shape index (κ2) is 5.06. The van der Waals surface area contributed by atoms with Gasteiger partial charge in [0.25, 0.3) is 0 Å². The van der Waals surface area contributed by atoms with Gasteiger partial charge in [-0.15, -0.1) is 0 Å². The van der Waals surface area contributed by atoms with E-state index >= 15 is 0 Å². The Morgan fingerprint density at radius 2 is 1.86 bits per heavy atom. The highest BCUT2D eigenvalue weighted by molar-refractivity contribution is 5.53. The van der Waals surface area contributed by atoms with Gasteiger partial charge in [0.15, 0.2) is 0 Å². The molecule has 0 amide bonds. The third kappa shape index (κ3) is 2.07. The number of aliphatic hydroxyl groups is 1. The van der Waals surface area contributed by atoms with Crippen LogP contribution in [0.5, 0.6) is 11.5 Å². The van der Waals surface area contributed by atoms with Crippen LogP contribution < -0.4 is 15.2 Å². The predicted molar refractivity (Wildman–Crippen MR) is 80.5 cm³/mol. The zero-order chi connectivity index (χ0) is 15.0. The van der Waals surface area contributed by atoms with Crippen LogP contribution in [0.25, 0.3) is 0 Å². The quantitative estimate of drug-likeness (QED) is 0.908. The van der Waals surface area contributed by atoms with Gasteiger partial charge in [-0.3, -0.25) is 0 Å². The normalized spacial score (nSPS) is 23.7. The van der Waals surface area contributed by atoms with Gasteiger partial charge in [-0.05, 0) is 23.3 Å². The summed E-state index contributed by atoms with van der Waals surface area (Å²) in [6.07, 6.45) is 0.440. The van der Waals surface area contributed by atoms with Gasteiger partial charge in [0.1, 0.15) is 17.1 Å². The van der Waals surface area contributed by atoms with Gasteiger partial charge in [0.05, 0.1) is 14.2 Å². The molecule has 0 spiro atoms. The Balaban J connectivity index is 2.17. The number of hydrogen-bond acceptors (Lipinski definition) is 4. The molecule has 0 heterocycles. The molecule has 0 aromatic heterocycles. The molecule has 0 bridgehead atoms. The standard InChI is InChI=1S/C17H19NO3/c1-20-11-7-8-14(16(9-11)21-2)17(19)10-15(18)12-5-3-4-6-13(12)17/h3-9,15,19H,10,18H2,1-2H3. The van der Waals surface area contributed by atoms with Gasteiger partial charge in [-0.25, -0.2) is 0 Å². The minimum Gasteiger partial charge on any atom is -0.497 e. The first-order chi connectivity index (χ1) is 10.1. The summed E-state index contributed by atoms with van der Waals surface area (Å²) in [5.41, 5.74) is 7.60. The maximum atomic E-state index is 11.3.